The summed E-state index contributed by atoms with van der Waals surface area (Å²) >= 11 is 0. The highest BCUT2D eigenvalue weighted by Gasteiger charge is 2.26. The molecule has 33 heavy (non-hydrogen) atoms. The minimum absolute atomic E-state index is 0.0636. The van der Waals surface area contributed by atoms with Crippen molar-refractivity contribution in [2.75, 3.05) is 31.6 Å². The van der Waals surface area contributed by atoms with Crippen molar-refractivity contribution in [1.82, 2.24) is 9.62 Å². The van der Waals surface area contributed by atoms with Gasteiger partial charge in [0.2, 0.25) is 15.9 Å². The van der Waals surface area contributed by atoms with E-state index in [0.717, 1.165) is 51.4 Å². The molecule has 0 unspecified atom stereocenters. The summed E-state index contributed by atoms with van der Waals surface area (Å²) in [4.78, 5) is 36.4. The molecular formula is C23H33N3O6S. The molecule has 1 aliphatic carbocycles. The van der Waals surface area contributed by atoms with Gasteiger partial charge in [-0.25, -0.2) is 8.42 Å². The molecular weight excluding hydrogens is 446 g/mol. The number of esters is 1. The van der Waals surface area contributed by atoms with E-state index in [0.29, 0.717) is 24.3 Å². The maximum atomic E-state index is 12.9. The van der Waals surface area contributed by atoms with Crippen molar-refractivity contribution in [3.63, 3.8) is 0 Å². The van der Waals surface area contributed by atoms with Crippen LogP contribution in [0.2, 0.25) is 0 Å². The maximum absolute atomic E-state index is 12.9. The third-order valence-corrected chi connectivity index (χ3v) is 8.08. The first-order chi connectivity index (χ1) is 15.8. The minimum Gasteiger partial charge on any atom is -0.454 e. The molecule has 10 heteroatoms. The largest absolute Gasteiger partial charge is 0.454 e. The molecule has 1 aliphatic heterocycles. The van der Waals surface area contributed by atoms with Crippen LogP contribution in [-0.4, -0.2) is 56.7 Å². The Morgan fingerprint density at radius 3 is 2.39 bits per heavy atom. The third kappa shape index (κ3) is 7.01. The van der Waals surface area contributed by atoms with Gasteiger partial charge in [-0.3, -0.25) is 14.4 Å². The van der Waals surface area contributed by atoms with Crippen LogP contribution in [0.3, 0.4) is 0 Å². The number of amides is 2. The van der Waals surface area contributed by atoms with Crippen molar-refractivity contribution in [2.24, 2.45) is 5.92 Å². The molecule has 0 aromatic heterocycles. The number of carbonyl (C=O) groups is 3. The van der Waals surface area contributed by atoms with E-state index in [-0.39, 0.29) is 23.3 Å². The lowest BCUT2D eigenvalue weighted by atomic mass is 9.89. The monoisotopic (exact) mass is 479 g/mol. The Morgan fingerprint density at radius 2 is 1.70 bits per heavy atom. The molecule has 3 rings (SSSR count). The predicted molar refractivity (Wildman–Crippen MR) is 123 cm³/mol. The Labute approximate surface area is 195 Å². The Morgan fingerprint density at radius 1 is 1.03 bits per heavy atom. The molecule has 2 amide bonds. The molecule has 0 bridgehead atoms. The number of nitrogens with zero attached hydrogens (tertiary/aromatic N) is 1. The maximum Gasteiger partial charge on any atom is 0.325 e. The number of anilines is 1. The zero-order valence-corrected chi connectivity index (χ0v) is 19.9. The molecule has 2 N–H and O–H groups in total. The van der Waals surface area contributed by atoms with Crippen LogP contribution in [0.5, 0.6) is 0 Å². The van der Waals surface area contributed by atoms with Crippen molar-refractivity contribution in [1.29, 1.82) is 0 Å². The summed E-state index contributed by atoms with van der Waals surface area (Å²) in [6.45, 7) is 1.92. The van der Waals surface area contributed by atoms with Crippen LogP contribution in [0.4, 0.5) is 5.69 Å². The van der Waals surface area contributed by atoms with Gasteiger partial charge in [0.25, 0.3) is 5.91 Å². The molecule has 1 aromatic rings. The summed E-state index contributed by atoms with van der Waals surface area (Å²) in [5, 5.41) is 5.18. The normalized spacial score (nSPS) is 17.8. The van der Waals surface area contributed by atoms with Gasteiger partial charge in [0, 0.05) is 24.7 Å². The summed E-state index contributed by atoms with van der Waals surface area (Å²) < 4.78 is 32.2. The highest BCUT2D eigenvalue weighted by Crippen LogP contribution is 2.25. The van der Waals surface area contributed by atoms with Crippen LogP contribution in [0, 0.1) is 12.8 Å². The van der Waals surface area contributed by atoms with Crippen molar-refractivity contribution in [3.05, 3.63) is 23.8 Å². The summed E-state index contributed by atoms with van der Waals surface area (Å²) in [5.41, 5.74) is 1.03. The van der Waals surface area contributed by atoms with Crippen LogP contribution in [0.1, 0.15) is 56.9 Å². The molecule has 2 fully saturated rings. The van der Waals surface area contributed by atoms with Crippen molar-refractivity contribution >= 4 is 33.5 Å². The third-order valence-electron chi connectivity index (χ3n) is 6.18. The number of ether oxygens (including phenoxy) is 1. The molecule has 1 heterocycles. The number of hydrogen-bond donors (Lipinski definition) is 2. The van der Waals surface area contributed by atoms with Crippen molar-refractivity contribution < 1.29 is 27.5 Å². The fraction of sp³-hybridized carbons (Fsp3) is 0.609. The number of piperidine rings is 1. The van der Waals surface area contributed by atoms with E-state index in [1.807, 2.05) is 0 Å². The first-order valence-corrected chi connectivity index (χ1v) is 13.1. The van der Waals surface area contributed by atoms with Gasteiger partial charge in [0.05, 0.1) is 4.90 Å². The van der Waals surface area contributed by atoms with Gasteiger partial charge >= 0.3 is 5.97 Å². The van der Waals surface area contributed by atoms with Gasteiger partial charge < -0.3 is 15.4 Å². The highest BCUT2D eigenvalue weighted by molar-refractivity contribution is 7.89. The average Bonchev–Trinajstić information content (AvgIpc) is 2.83. The summed E-state index contributed by atoms with van der Waals surface area (Å²) in [7, 11) is -3.63. The number of aryl methyl sites for hydroxylation is 1. The molecule has 0 spiro atoms. The van der Waals surface area contributed by atoms with Gasteiger partial charge in [-0.2, -0.15) is 4.31 Å². The van der Waals surface area contributed by atoms with Crippen LogP contribution < -0.4 is 10.6 Å². The topological polar surface area (TPSA) is 122 Å². The molecule has 1 aromatic carbocycles. The lowest BCUT2D eigenvalue weighted by molar-refractivity contribution is -0.147. The van der Waals surface area contributed by atoms with Gasteiger partial charge in [0.1, 0.15) is 6.54 Å². The highest BCUT2D eigenvalue weighted by atomic mass is 32.2. The zero-order chi connectivity index (χ0) is 23.8. The second-order valence-electron chi connectivity index (χ2n) is 8.70. The van der Waals surface area contributed by atoms with Gasteiger partial charge in [-0.15, -0.1) is 0 Å². The number of benzene rings is 1. The zero-order valence-electron chi connectivity index (χ0n) is 19.1. The van der Waals surface area contributed by atoms with Crippen molar-refractivity contribution in [2.45, 2.75) is 63.2 Å². The number of sulfonamides is 1. The van der Waals surface area contributed by atoms with Gasteiger partial charge in [-0.1, -0.05) is 31.7 Å². The summed E-state index contributed by atoms with van der Waals surface area (Å²) in [6.07, 6.45) is 7.51. The first kappa shape index (κ1) is 25.2. The molecule has 182 valence electrons. The van der Waals surface area contributed by atoms with Crippen molar-refractivity contribution in [3.8, 4) is 0 Å². The number of nitrogens with one attached hydrogen (secondary N) is 2. The van der Waals surface area contributed by atoms with E-state index in [1.165, 1.54) is 16.4 Å². The predicted octanol–water partition coefficient (Wildman–Crippen LogP) is 2.35. The Kier molecular flexibility index (Phi) is 8.85. The lowest BCUT2D eigenvalue weighted by Crippen LogP contribution is -2.36. The second-order valence-corrected chi connectivity index (χ2v) is 10.6. The molecule has 0 atom stereocenters. The quantitative estimate of drug-likeness (QED) is 0.552. The molecule has 0 radical (unpaired) electrons. The minimum atomic E-state index is -3.63. The van der Waals surface area contributed by atoms with E-state index in [4.69, 9.17) is 4.74 Å². The molecule has 2 aliphatic rings. The Hall–Kier alpha value is -2.46. The van der Waals surface area contributed by atoms with E-state index in [1.54, 1.807) is 13.0 Å². The van der Waals surface area contributed by atoms with E-state index < -0.39 is 28.5 Å². The SMILES string of the molecule is Cc1ccc(S(=O)(=O)N2CCCCC2)cc1NC(=O)COC(=O)CNC(=O)C1CCCCC1. The van der Waals surface area contributed by atoms with Crippen LogP contribution in [0.15, 0.2) is 23.1 Å². The van der Waals surface area contributed by atoms with E-state index in [2.05, 4.69) is 10.6 Å². The van der Waals surface area contributed by atoms with Crippen LogP contribution in [0.25, 0.3) is 0 Å². The molecule has 1 saturated carbocycles. The van der Waals surface area contributed by atoms with Gasteiger partial charge in [-0.05, 0) is 50.3 Å². The average molecular weight is 480 g/mol. The Bertz CT molecular complexity index is 966. The lowest BCUT2D eigenvalue weighted by Gasteiger charge is -2.26. The molecule has 1 saturated heterocycles. The van der Waals surface area contributed by atoms with E-state index >= 15 is 0 Å². The van der Waals surface area contributed by atoms with Crippen LogP contribution >= 0.6 is 0 Å². The first-order valence-electron chi connectivity index (χ1n) is 11.6. The second kappa shape index (κ2) is 11.6. The number of hydrogen-bond acceptors (Lipinski definition) is 6. The number of carbonyl (C=O) groups excluding carboxylic acids is 3. The number of rotatable bonds is 8. The Balaban J connectivity index is 1.50. The van der Waals surface area contributed by atoms with Crippen LogP contribution in [-0.2, 0) is 29.1 Å². The molecule has 9 nitrogen and oxygen atoms in total. The standard InChI is InChI=1S/C23H33N3O6S/c1-17-10-11-19(33(30,31)26-12-6-3-7-13-26)14-20(17)25-21(27)16-32-22(28)15-24-23(29)18-8-4-2-5-9-18/h10-11,14,18H,2-9,12-13,15-16H2,1H3,(H,24,29)(H,25,27). The van der Waals surface area contributed by atoms with E-state index in [9.17, 15) is 22.8 Å². The fourth-order valence-corrected chi connectivity index (χ4v) is 5.75. The summed E-state index contributed by atoms with van der Waals surface area (Å²) in [5.74, 6) is -1.50. The van der Waals surface area contributed by atoms with Gasteiger partial charge in [0.15, 0.2) is 6.61 Å². The fourth-order valence-electron chi connectivity index (χ4n) is 4.20. The smallest absolute Gasteiger partial charge is 0.325 e. The summed E-state index contributed by atoms with van der Waals surface area (Å²) in [6, 6.07) is 4.60.